The van der Waals surface area contributed by atoms with Gasteiger partial charge in [0.05, 0.1) is 7.11 Å². The third-order valence-electron chi connectivity index (χ3n) is 5.91. The molecule has 1 fully saturated rings. The first-order valence-electron chi connectivity index (χ1n) is 16.1. The van der Waals surface area contributed by atoms with Crippen LogP contribution in [0.4, 0.5) is 0 Å². The van der Waals surface area contributed by atoms with Gasteiger partial charge < -0.3 is 19.7 Å². The van der Waals surface area contributed by atoms with Gasteiger partial charge in [0.15, 0.2) is 0 Å². The molecule has 1 aliphatic heterocycles. The van der Waals surface area contributed by atoms with Crippen molar-refractivity contribution in [1.29, 1.82) is 0 Å². The van der Waals surface area contributed by atoms with E-state index >= 15 is 0 Å². The van der Waals surface area contributed by atoms with Gasteiger partial charge in [-0.15, -0.1) is 6.58 Å². The van der Waals surface area contributed by atoms with Crippen LogP contribution < -0.4 is 5.32 Å². The van der Waals surface area contributed by atoms with Crippen molar-refractivity contribution in [1.82, 2.24) is 10.2 Å². The molecule has 0 aromatic heterocycles. The lowest BCUT2D eigenvalue weighted by atomic mass is 10.1. The topological polar surface area (TPSA) is 84.9 Å². The van der Waals surface area contributed by atoms with Crippen LogP contribution in [-0.2, 0) is 23.9 Å². The van der Waals surface area contributed by atoms with Gasteiger partial charge in [0.1, 0.15) is 6.10 Å². The molecule has 43 heavy (non-hydrogen) atoms. The number of likely N-dealkylation sites (tertiary alicyclic amines) is 1. The third-order valence-corrected chi connectivity index (χ3v) is 6.12. The van der Waals surface area contributed by atoms with Crippen LogP contribution in [0.3, 0.4) is 0 Å². The van der Waals surface area contributed by atoms with Gasteiger partial charge in [-0.3, -0.25) is 14.4 Å². The number of unbranched alkanes of at least 4 members (excludes halogenated alkanes) is 1. The maximum absolute atomic E-state index is 11.3. The van der Waals surface area contributed by atoms with Gasteiger partial charge in [-0.2, -0.15) is 12.6 Å². The number of allylic oxidation sites excluding steroid dienone is 4. The number of esters is 1. The van der Waals surface area contributed by atoms with Crippen LogP contribution in [0, 0.1) is 5.92 Å². The molecule has 0 bridgehead atoms. The Morgan fingerprint density at radius 3 is 2.00 bits per heavy atom. The number of nitrogens with zero attached hydrogens (tertiary/aromatic N) is 1. The molecule has 0 saturated carbocycles. The van der Waals surface area contributed by atoms with Crippen LogP contribution in [0.15, 0.2) is 37.0 Å². The Kier molecular flexibility index (Phi) is 52.2. The monoisotopic (exact) mass is 631 g/mol. The summed E-state index contributed by atoms with van der Waals surface area (Å²) in [5.74, 6) is 1.56. The maximum atomic E-state index is 11.3. The SMILES string of the molecule is C=CCC.CC.CC/C=C/CS.CCC(C)/C=C/CCCC(OC)C(=O)NC.CN1CCCCCCC1=O.COC(C)=O. The number of rotatable bonds is 11. The van der Waals surface area contributed by atoms with Crippen molar-refractivity contribution < 1.29 is 23.9 Å². The van der Waals surface area contributed by atoms with E-state index in [1.165, 1.54) is 39.7 Å². The fourth-order valence-corrected chi connectivity index (χ4v) is 3.09. The van der Waals surface area contributed by atoms with E-state index in [1.54, 1.807) is 14.2 Å². The minimum atomic E-state index is -0.304. The Morgan fingerprint density at radius 1 is 1.05 bits per heavy atom. The first-order valence-corrected chi connectivity index (χ1v) is 16.8. The van der Waals surface area contributed by atoms with E-state index in [9.17, 15) is 14.4 Å². The number of ether oxygens (including phenoxy) is 2. The molecular weight excluding hydrogens is 560 g/mol. The Balaban J connectivity index is -0.000000152. The minimum Gasteiger partial charge on any atom is -0.469 e. The number of methoxy groups -OCH3 is 2. The van der Waals surface area contributed by atoms with Crippen LogP contribution in [0.25, 0.3) is 0 Å². The Bertz CT molecular complexity index is 663. The zero-order valence-electron chi connectivity index (χ0n) is 29.9. The van der Waals surface area contributed by atoms with E-state index in [2.05, 4.69) is 75.2 Å². The van der Waals surface area contributed by atoms with Crippen LogP contribution in [0.2, 0.25) is 0 Å². The zero-order chi connectivity index (χ0) is 34.3. The lowest BCUT2D eigenvalue weighted by Crippen LogP contribution is -2.33. The molecule has 0 aromatic rings. The second kappa shape index (κ2) is 44.4. The zero-order valence-corrected chi connectivity index (χ0v) is 30.8. The normalized spacial score (nSPS) is 13.7. The smallest absolute Gasteiger partial charge is 0.302 e. The lowest BCUT2D eigenvalue weighted by Gasteiger charge is -2.19. The molecule has 256 valence electrons. The Labute approximate surface area is 272 Å². The van der Waals surface area contributed by atoms with Crippen LogP contribution in [0.5, 0.6) is 0 Å². The number of carbonyl (C=O) groups excluding carboxylic acids is 3. The lowest BCUT2D eigenvalue weighted by molar-refractivity contribution is -0.138. The van der Waals surface area contributed by atoms with Crippen molar-refractivity contribution in [2.75, 3.05) is 40.6 Å². The number of hydrogen-bond acceptors (Lipinski definition) is 6. The van der Waals surface area contributed by atoms with Crippen molar-refractivity contribution in [2.45, 2.75) is 125 Å². The van der Waals surface area contributed by atoms with E-state index in [-0.39, 0.29) is 18.0 Å². The molecule has 2 atom stereocenters. The summed E-state index contributed by atoms with van der Waals surface area (Å²) in [6.45, 7) is 18.4. The molecule has 1 saturated heterocycles. The fourth-order valence-electron chi connectivity index (χ4n) is 2.94. The summed E-state index contributed by atoms with van der Waals surface area (Å²) in [5, 5.41) is 2.60. The molecule has 1 rings (SSSR count). The molecule has 7 nitrogen and oxygen atoms in total. The predicted octanol–water partition coefficient (Wildman–Crippen LogP) is 8.60. The van der Waals surface area contributed by atoms with Gasteiger partial charge >= 0.3 is 5.97 Å². The van der Waals surface area contributed by atoms with E-state index in [0.29, 0.717) is 11.8 Å². The number of thiol groups is 1. The van der Waals surface area contributed by atoms with Crippen molar-refractivity contribution >= 4 is 30.4 Å². The molecule has 1 N–H and O–H groups in total. The summed E-state index contributed by atoms with van der Waals surface area (Å²) in [7, 11) is 6.46. The molecule has 8 heteroatoms. The summed E-state index contributed by atoms with van der Waals surface area (Å²) in [6.07, 6.45) is 21.9. The molecule has 0 radical (unpaired) electrons. The van der Waals surface area contributed by atoms with Crippen LogP contribution in [0.1, 0.15) is 119 Å². The van der Waals surface area contributed by atoms with Gasteiger partial charge in [0, 0.05) is 46.8 Å². The first kappa shape index (κ1) is 50.6. The summed E-state index contributed by atoms with van der Waals surface area (Å²) in [5.41, 5.74) is 0. The largest absolute Gasteiger partial charge is 0.469 e. The Hall–Kier alpha value is -2.06. The molecule has 1 heterocycles. The second-order valence-electron chi connectivity index (χ2n) is 9.52. The van der Waals surface area contributed by atoms with Crippen molar-refractivity contribution in [3.05, 3.63) is 37.0 Å². The van der Waals surface area contributed by atoms with Gasteiger partial charge in [-0.25, -0.2) is 0 Å². The van der Waals surface area contributed by atoms with E-state index in [4.69, 9.17) is 4.74 Å². The summed E-state index contributed by atoms with van der Waals surface area (Å²) in [4.78, 5) is 33.8. The summed E-state index contributed by atoms with van der Waals surface area (Å²) in [6, 6.07) is 0. The van der Waals surface area contributed by atoms with Crippen molar-refractivity contribution in [3.8, 4) is 0 Å². The molecule has 0 aromatic carbocycles. The van der Waals surface area contributed by atoms with E-state index in [0.717, 1.165) is 57.2 Å². The standard InChI is InChI=1S/C13H25NO2.C8H15NO.C5H10S.C4H8.C3H6O2.C2H6/c1-5-11(2)9-7-6-8-10-12(16-4)13(15)14-3;1-9-7-5-3-2-4-6-8(9)10;1-2-3-4-5-6;1-3-4-2;1-3(4)5-2;1-2/h7,9,11-12H,5-6,8,10H2,1-4H3,(H,14,15);2-7H2,1H3;3-4,6H,2,5H2,1H3;3H,1,4H2,2H3;1-2H3;1-2H3/b9-7+;;4-3+;;;. The third kappa shape index (κ3) is 47.1. The van der Waals surface area contributed by atoms with Gasteiger partial charge in [-0.1, -0.05) is 91.2 Å². The molecule has 0 spiro atoms. The van der Waals surface area contributed by atoms with E-state index < -0.39 is 0 Å². The van der Waals surface area contributed by atoms with E-state index in [1.807, 2.05) is 37.9 Å². The highest BCUT2D eigenvalue weighted by atomic mass is 32.1. The molecular formula is C35H70N2O5S. The van der Waals surface area contributed by atoms with Gasteiger partial charge in [-0.05, 0) is 50.9 Å². The Morgan fingerprint density at radius 2 is 1.60 bits per heavy atom. The highest BCUT2D eigenvalue weighted by Crippen LogP contribution is 2.10. The summed E-state index contributed by atoms with van der Waals surface area (Å²) >= 11 is 3.97. The molecule has 2 unspecified atom stereocenters. The quantitative estimate of drug-likeness (QED) is 0.103. The second-order valence-corrected chi connectivity index (χ2v) is 9.88. The highest BCUT2D eigenvalue weighted by Gasteiger charge is 2.14. The van der Waals surface area contributed by atoms with Crippen LogP contribution >= 0.6 is 12.6 Å². The number of likely N-dealkylation sites (N-methyl/N-ethyl adjacent to an activating group) is 1. The number of carbonyl (C=O) groups is 3. The van der Waals surface area contributed by atoms with Crippen molar-refractivity contribution in [3.63, 3.8) is 0 Å². The number of nitrogens with one attached hydrogen (secondary N) is 1. The van der Waals surface area contributed by atoms with Gasteiger partial charge in [0.2, 0.25) is 11.8 Å². The maximum Gasteiger partial charge on any atom is 0.302 e. The number of amides is 2. The first-order chi connectivity index (χ1) is 20.6. The fraction of sp³-hybridized carbons (Fsp3) is 0.743. The average molecular weight is 631 g/mol. The van der Waals surface area contributed by atoms with Crippen LogP contribution in [-0.4, -0.2) is 69.4 Å². The molecule has 1 aliphatic rings. The highest BCUT2D eigenvalue weighted by molar-refractivity contribution is 7.80. The van der Waals surface area contributed by atoms with Gasteiger partial charge in [0.25, 0.3) is 0 Å². The number of hydrogen-bond donors (Lipinski definition) is 2. The van der Waals surface area contributed by atoms with Crippen molar-refractivity contribution in [2.24, 2.45) is 5.92 Å². The molecule has 0 aliphatic carbocycles. The predicted molar refractivity (Wildman–Crippen MR) is 191 cm³/mol. The average Bonchev–Trinajstić information content (AvgIpc) is 3.03. The summed E-state index contributed by atoms with van der Waals surface area (Å²) < 4.78 is 9.23. The molecule has 2 amide bonds. The minimum absolute atomic E-state index is 0.0339.